The maximum Gasteiger partial charge on any atom is 0.355 e. The zero-order chi connectivity index (χ0) is 14.9. The zero-order valence-electron chi connectivity index (χ0n) is 12.7. The lowest BCUT2D eigenvalue weighted by molar-refractivity contribution is 0.0514. The van der Waals surface area contributed by atoms with Crippen LogP contribution in [0.1, 0.15) is 51.9 Å². The molecular formula is C15H22N2O3. The summed E-state index contributed by atoms with van der Waals surface area (Å²) in [5, 5.41) is 0. The van der Waals surface area contributed by atoms with Crippen LogP contribution in [-0.4, -0.2) is 41.0 Å². The van der Waals surface area contributed by atoms with Crippen LogP contribution in [0.15, 0.2) is 0 Å². The molecular weight excluding hydrogens is 256 g/mol. The Morgan fingerprint density at radius 3 is 2.35 bits per heavy atom. The van der Waals surface area contributed by atoms with Crippen LogP contribution in [0.4, 0.5) is 0 Å². The number of amides is 1. The number of aromatic nitrogens is 1. The number of rotatable bonds is 3. The molecule has 0 aromatic carbocycles. The first-order valence-corrected chi connectivity index (χ1v) is 7.11. The van der Waals surface area contributed by atoms with Crippen molar-refractivity contribution in [1.29, 1.82) is 0 Å². The molecule has 1 aromatic rings. The van der Waals surface area contributed by atoms with E-state index in [1.54, 1.807) is 18.5 Å². The summed E-state index contributed by atoms with van der Waals surface area (Å²) in [6.45, 7) is 7.42. The van der Waals surface area contributed by atoms with E-state index < -0.39 is 0 Å². The van der Waals surface area contributed by atoms with Crippen LogP contribution in [0.5, 0.6) is 0 Å². The number of esters is 1. The standard InChI is InChI=1S/C15H22N2O3/c1-5-20-15(19)13-10(2)12(11(3)16(13)4)14(18)17-8-6-7-9-17/h5-9H2,1-4H3. The van der Waals surface area contributed by atoms with Gasteiger partial charge in [0.2, 0.25) is 0 Å². The minimum absolute atomic E-state index is 0.0312. The van der Waals surface area contributed by atoms with Gasteiger partial charge in [0.05, 0.1) is 12.2 Å². The third kappa shape index (κ3) is 2.32. The fourth-order valence-electron chi connectivity index (χ4n) is 2.86. The lowest BCUT2D eigenvalue weighted by Gasteiger charge is -2.15. The highest BCUT2D eigenvalue weighted by atomic mass is 16.5. The topological polar surface area (TPSA) is 51.5 Å². The van der Waals surface area contributed by atoms with Crippen LogP contribution in [0.2, 0.25) is 0 Å². The molecule has 0 aliphatic carbocycles. The molecule has 1 aliphatic rings. The molecule has 0 spiro atoms. The molecule has 20 heavy (non-hydrogen) atoms. The first-order valence-electron chi connectivity index (χ1n) is 7.11. The number of likely N-dealkylation sites (tertiary alicyclic amines) is 1. The Balaban J connectivity index is 2.41. The van der Waals surface area contributed by atoms with Gasteiger partial charge in [-0.05, 0) is 39.2 Å². The summed E-state index contributed by atoms with van der Waals surface area (Å²) in [6, 6.07) is 0. The number of hydrogen-bond donors (Lipinski definition) is 0. The fourth-order valence-corrected chi connectivity index (χ4v) is 2.86. The predicted molar refractivity (Wildman–Crippen MR) is 76.0 cm³/mol. The average molecular weight is 278 g/mol. The van der Waals surface area contributed by atoms with Crippen LogP contribution in [0, 0.1) is 13.8 Å². The lowest BCUT2D eigenvalue weighted by Crippen LogP contribution is -2.28. The highest BCUT2D eigenvalue weighted by molar-refractivity contribution is 6.01. The minimum atomic E-state index is -0.365. The van der Waals surface area contributed by atoms with E-state index >= 15 is 0 Å². The van der Waals surface area contributed by atoms with Crippen LogP contribution in [0.3, 0.4) is 0 Å². The maximum atomic E-state index is 12.6. The molecule has 5 heteroatoms. The summed E-state index contributed by atoms with van der Waals surface area (Å²) >= 11 is 0. The third-order valence-corrected chi connectivity index (χ3v) is 4.01. The molecule has 0 saturated carbocycles. The molecule has 0 N–H and O–H groups in total. The van der Waals surface area contributed by atoms with E-state index in [1.165, 1.54) is 0 Å². The monoisotopic (exact) mass is 278 g/mol. The van der Waals surface area contributed by atoms with E-state index in [0.29, 0.717) is 17.9 Å². The van der Waals surface area contributed by atoms with Crippen molar-refractivity contribution in [2.45, 2.75) is 33.6 Å². The molecule has 0 unspecified atom stereocenters. The van der Waals surface area contributed by atoms with Crippen LogP contribution in [-0.2, 0) is 11.8 Å². The Bertz CT molecular complexity index is 540. The van der Waals surface area contributed by atoms with Crippen LogP contribution >= 0.6 is 0 Å². The smallest absolute Gasteiger partial charge is 0.355 e. The number of carbonyl (C=O) groups excluding carboxylic acids is 2. The Hall–Kier alpha value is -1.78. The zero-order valence-corrected chi connectivity index (χ0v) is 12.7. The van der Waals surface area contributed by atoms with Gasteiger partial charge in [0, 0.05) is 25.8 Å². The number of ether oxygens (including phenoxy) is 1. The highest BCUT2D eigenvalue weighted by Gasteiger charge is 2.29. The molecule has 1 amide bonds. The normalized spacial score (nSPS) is 14.7. The first-order chi connectivity index (χ1) is 9.49. The highest BCUT2D eigenvalue weighted by Crippen LogP contribution is 2.25. The van der Waals surface area contributed by atoms with E-state index in [9.17, 15) is 9.59 Å². The molecule has 2 heterocycles. The van der Waals surface area contributed by atoms with Crippen LogP contribution in [0.25, 0.3) is 0 Å². The molecule has 1 fully saturated rings. The van der Waals surface area contributed by atoms with Gasteiger partial charge >= 0.3 is 5.97 Å². The fraction of sp³-hybridized carbons (Fsp3) is 0.600. The van der Waals surface area contributed by atoms with Crippen molar-refractivity contribution in [3.63, 3.8) is 0 Å². The van der Waals surface area contributed by atoms with E-state index in [1.807, 2.05) is 18.7 Å². The second-order valence-electron chi connectivity index (χ2n) is 5.21. The van der Waals surface area contributed by atoms with Gasteiger partial charge in [-0.1, -0.05) is 0 Å². The van der Waals surface area contributed by atoms with Crippen molar-refractivity contribution >= 4 is 11.9 Å². The summed E-state index contributed by atoms with van der Waals surface area (Å²) in [7, 11) is 1.80. The van der Waals surface area contributed by atoms with Gasteiger partial charge in [-0.2, -0.15) is 0 Å². The molecule has 0 atom stereocenters. The van der Waals surface area contributed by atoms with Crippen molar-refractivity contribution in [2.75, 3.05) is 19.7 Å². The van der Waals surface area contributed by atoms with E-state index in [2.05, 4.69) is 0 Å². The lowest BCUT2D eigenvalue weighted by atomic mass is 10.1. The third-order valence-electron chi connectivity index (χ3n) is 4.01. The Morgan fingerprint density at radius 2 is 1.80 bits per heavy atom. The predicted octanol–water partition coefficient (Wildman–Crippen LogP) is 2.05. The van der Waals surface area contributed by atoms with Crippen molar-refractivity contribution < 1.29 is 14.3 Å². The summed E-state index contributed by atoms with van der Waals surface area (Å²) in [6.07, 6.45) is 2.11. The van der Waals surface area contributed by atoms with E-state index in [0.717, 1.165) is 37.2 Å². The quantitative estimate of drug-likeness (QED) is 0.795. The van der Waals surface area contributed by atoms with Crippen molar-refractivity contribution in [3.8, 4) is 0 Å². The molecule has 1 saturated heterocycles. The number of nitrogens with zero attached hydrogens (tertiary/aromatic N) is 2. The molecule has 0 bridgehead atoms. The van der Waals surface area contributed by atoms with E-state index in [-0.39, 0.29) is 11.9 Å². The molecule has 1 aliphatic heterocycles. The molecule has 2 rings (SSSR count). The van der Waals surface area contributed by atoms with Gasteiger partial charge < -0.3 is 14.2 Å². The number of carbonyl (C=O) groups is 2. The van der Waals surface area contributed by atoms with Gasteiger partial charge in [-0.3, -0.25) is 4.79 Å². The average Bonchev–Trinajstić information content (AvgIpc) is 2.99. The second-order valence-corrected chi connectivity index (χ2v) is 5.21. The van der Waals surface area contributed by atoms with Gasteiger partial charge in [0.1, 0.15) is 5.69 Å². The summed E-state index contributed by atoms with van der Waals surface area (Å²) in [5.41, 5.74) is 2.67. The van der Waals surface area contributed by atoms with Gasteiger partial charge in [0.15, 0.2) is 0 Å². The first kappa shape index (κ1) is 14.6. The molecule has 110 valence electrons. The van der Waals surface area contributed by atoms with Crippen LogP contribution < -0.4 is 0 Å². The molecule has 5 nitrogen and oxygen atoms in total. The largest absolute Gasteiger partial charge is 0.461 e. The summed E-state index contributed by atoms with van der Waals surface area (Å²) < 4.78 is 6.84. The van der Waals surface area contributed by atoms with Gasteiger partial charge in [-0.15, -0.1) is 0 Å². The van der Waals surface area contributed by atoms with Crippen molar-refractivity contribution in [1.82, 2.24) is 9.47 Å². The van der Waals surface area contributed by atoms with E-state index in [4.69, 9.17) is 4.74 Å². The van der Waals surface area contributed by atoms with Crippen molar-refractivity contribution in [3.05, 3.63) is 22.5 Å². The maximum absolute atomic E-state index is 12.6. The molecule has 1 aromatic heterocycles. The number of hydrogen-bond acceptors (Lipinski definition) is 3. The second kappa shape index (κ2) is 5.69. The summed E-state index contributed by atoms with van der Waals surface area (Å²) in [4.78, 5) is 26.5. The SMILES string of the molecule is CCOC(=O)c1c(C)c(C(=O)N2CCCC2)c(C)n1C. The van der Waals surface area contributed by atoms with Gasteiger partial charge in [0.25, 0.3) is 5.91 Å². The minimum Gasteiger partial charge on any atom is -0.461 e. The Kier molecular flexibility index (Phi) is 4.16. The Morgan fingerprint density at radius 1 is 1.20 bits per heavy atom. The Labute approximate surface area is 119 Å². The molecule has 0 radical (unpaired) electrons. The summed E-state index contributed by atoms with van der Waals surface area (Å²) in [5.74, 6) is -0.334. The van der Waals surface area contributed by atoms with Crippen molar-refractivity contribution in [2.24, 2.45) is 7.05 Å². The van der Waals surface area contributed by atoms with Gasteiger partial charge in [-0.25, -0.2) is 4.79 Å².